The van der Waals surface area contributed by atoms with Gasteiger partial charge < -0.3 is 15.5 Å². The van der Waals surface area contributed by atoms with Crippen LogP contribution in [0, 0.1) is 12.8 Å². The Morgan fingerprint density at radius 2 is 2.30 bits per heavy atom. The Hall–Kier alpha value is -1.83. The second kappa shape index (κ2) is 6.74. The van der Waals surface area contributed by atoms with Crippen LogP contribution in [-0.2, 0) is 6.61 Å². The molecule has 3 rings (SSSR count). The van der Waals surface area contributed by atoms with Gasteiger partial charge in [0.25, 0.3) is 0 Å². The lowest BCUT2D eigenvalue weighted by Crippen LogP contribution is -2.20. The molecule has 0 aromatic carbocycles. The minimum absolute atomic E-state index is 0.0158. The van der Waals surface area contributed by atoms with Crippen LogP contribution in [0.25, 0.3) is 0 Å². The third kappa shape index (κ3) is 3.41. The third-order valence-electron chi connectivity index (χ3n) is 4.02. The van der Waals surface area contributed by atoms with Gasteiger partial charge in [-0.1, -0.05) is 0 Å². The summed E-state index contributed by atoms with van der Waals surface area (Å²) >= 11 is 1.29. The molecule has 2 heterocycles. The molecule has 3 N–H and O–H groups in total. The molecule has 0 saturated heterocycles. The van der Waals surface area contributed by atoms with E-state index in [2.05, 4.69) is 22.2 Å². The van der Waals surface area contributed by atoms with Gasteiger partial charge in [-0.3, -0.25) is 4.79 Å². The van der Waals surface area contributed by atoms with E-state index in [0.717, 1.165) is 6.42 Å². The highest BCUT2D eigenvalue weighted by atomic mass is 32.1. The molecule has 0 spiro atoms. The van der Waals surface area contributed by atoms with Gasteiger partial charge in [-0.15, -0.1) is 11.3 Å². The maximum Gasteiger partial charge on any atom is 0.208 e. The number of carbonyl (C=O) groups excluding carboxylic acids is 1. The number of anilines is 1. The largest absolute Gasteiger partial charge is 0.393 e. The molecule has 6 nitrogen and oxygen atoms in total. The molecule has 121 valence electrons. The predicted octanol–water partition coefficient (Wildman–Crippen LogP) is 1.65. The second-order valence-corrected chi connectivity index (χ2v) is 6.64. The van der Waals surface area contributed by atoms with E-state index in [9.17, 15) is 9.90 Å². The Balaban J connectivity index is 1.81. The number of nitrogens with zero attached hydrogens (tertiary/aromatic N) is 2. The highest BCUT2D eigenvalue weighted by Gasteiger charge is 2.30. The molecule has 2 aromatic rings. The third-order valence-corrected chi connectivity index (χ3v) is 4.99. The lowest BCUT2D eigenvalue weighted by molar-refractivity contribution is 0.104. The molecular formula is C16H18N3O3S. The van der Waals surface area contributed by atoms with Gasteiger partial charge in [0.15, 0.2) is 0 Å². The van der Waals surface area contributed by atoms with Gasteiger partial charge in [0.05, 0.1) is 23.2 Å². The van der Waals surface area contributed by atoms with Crippen molar-refractivity contribution in [2.45, 2.75) is 31.6 Å². The van der Waals surface area contributed by atoms with Crippen LogP contribution in [0.4, 0.5) is 5.82 Å². The van der Waals surface area contributed by atoms with Crippen LogP contribution in [0.5, 0.6) is 0 Å². The van der Waals surface area contributed by atoms with E-state index in [-0.39, 0.29) is 24.3 Å². The van der Waals surface area contributed by atoms with Crippen molar-refractivity contribution < 1.29 is 15.0 Å². The normalized spacial score (nSPS) is 23.9. The Morgan fingerprint density at radius 3 is 2.96 bits per heavy atom. The zero-order valence-electron chi connectivity index (χ0n) is 12.5. The zero-order chi connectivity index (χ0) is 16.4. The van der Waals surface area contributed by atoms with Crippen molar-refractivity contribution in [1.82, 2.24) is 9.97 Å². The summed E-state index contributed by atoms with van der Waals surface area (Å²) in [4.78, 5) is 21.3. The molecule has 3 atom stereocenters. The molecule has 0 aliphatic heterocycles. The Labute approximate surface area is 138 Å². The minimum Gasteiger partial charge on any atom is -0.393 e. The quantitative estimate of drug-likeness (QED) is 0.721. The summed E-state index contributed by atoms with van der Waals surface area (Å²) in [5.41, 5.74) is 1.10. The van der Waals surface area contributed by atoms with Crippen molar-refractivity contribution in [3.63, 3.8) is 0 Å². The summed E-state index contributed by atoms with van der Waals surface area (Å²) in [6, 6.07) is 1.71. The highest BCUT2D eigenvalue weighted by molar-refractivity contribution is 7.12. The molecule has 23 heavy (non-hydrogen) atoms. The molecule has 1 radical (unpaired) electrons. The average Bonchev–Trinajstić information content (AvgIpc) is 3.14. The van der Waals surface area contributed by atoms with Gasteiger partial charge in [0, 0.05) is 12.2 Å². The SMILES string of the molecule is [CH2][C@@H]1C[C@@H](Nc2ncncc2C(=O)c2cc(CO)cs2)C[C@@H]1O. The summed E-state index contributed by atoms with van der Waals surface area (Å²) in [6.45, 7) is 3.82. The molecule has 1 fully saturated rings. The van der Waals surface area contributed by atoms with Gasteiger partial charge in [0.2, 0.25) is 5.78 Å². The van der Waals surface area contributed by atoms with Crippen LogP contribution in [0.15, 0.2) is 24.0 Å². The summed E-state index contributed by atoms with van der Waals surface area (Å²) in [6.07, 6.45) is 3.76. The first kappa shape index (κ1) is 16.0. The summed E-state index contributed by atoms with van der Waals surface area (Å²) in [5, 5.41) is 23.9. The molecule has 0 bridgehead atoms. The molecule has 0 unspecified atom stereocenters. The standard InChI is InChI=1S/C16H18N3O3S/c1-9-2-11(4-13(9)21)19-16-12(5-17-8-18-16)15(22)14-3-10(6-20)7-23-14/h3,5,7-9,11,13,20-21H,1-2,4,6H2,(H,17,18,19)/t9-,11-,13+/m1/s1. The number of hydrogen-bond donors (Lipinski definition) is 3. The van der Waals surface area contributed by atoms with Crippen molar-refractivity contribution in [2.24, 2.45) is 5.92 Å². The number of ketones is 1. The van der Waals surface area contributed by atoms with Crippen LogP contribution in [-0.4, -0.2) is 38.1 Å². The van der Waals surface area contributed by atoms with Crippen molar-refractivity contribution >= 4 is 22.9 Å². The number of aromatic nitrogens is 2. The van der Waals surface area contributed by atoms with Crippen molar-refractivity contribution in [1.29, 1.82) is 0 Å². The molecule has 1 aliphatic carbocycles. The van der Waals surface area contributed by atoms with E-state index >= 15 is 0 Å². The fraction of sp³-hybridized carbons (Fsp3) is 0.375. The fourth-order valence-corrected chi connectivity index (χ4v) is 3.59. The van der Waals surface area contributed by atoms with E-state index in [1.807, 2.05) is 0 Å². The first-order valence-electron chi connectivity index (χ1n) is 7.39. The Morgan fingerprint density at radius 1 is 1.48 bits per heavy atom. The van der Waals surface area contributed by atoms with Crippen molar-refractivity contribution in [3.05, 3.63) is 46.9 Å². The number of thiophene rings is 1. The minimum atomic E-state index is -0.433. The zero-order valence-corrected chi connectivity index (χ0v) is 13.3. The van der Waals surface area contributed by atoms with E-state index < -0.39 is 6.10 Å². The summed E-state index contributed by atoms with van der Waals surface area (Å²) in [5.74, 6) is 0.274. The average molecular weight is 332 g/mol. The number of aliphatic hydroxyl groups is 2. The molecule has 1 aliphatic rings. The first-order chi connectivity index (χ1) is 11.1. The molecule has 1 saturated carbocycles. The maximum absolute atomic E-state index is 12.6. The Kier molecular flexibility index (Phi) is 4.70. The van der Waals surface area contributed by atoms with Crippen LogP contribution >= 0.6 is 11.3 Å². The number of carbonyl (C=O) groups is 1. The number of nitrogens with one attached hydrogen (secondary N) is 1. The molecule has 2 aromatic heterocycles. The van der Waals surface area contributed by atoms with Crippen LogP contribution in [0.1, 0.15) is 33.6 Å². The van der Waals surface area contributed by atoms with Gasteiger partial charge >= 0.3 is 0 Å². The molecule has 7 heteroatoms. The number of rotatable bonds is 5. The molecular weight excluding hydrogens is 314 g/mol. The van der Waals surface area contributed by atoms with E-state index in [0.29, 0.717) is 28.2 Å². The van der Waals surface area contributed by atoms with E-state index in [4.69, 9.17) is 5.11 Å². The molecule has 0 amide bonds. The predicted molar refractivity (Wildman–Crippen MR) is 87.2 cm³/mol. The van der Waals surface area contributed by atoms with Gasteiger partial charge in [-0.25, -0.2) is 9.97 Å². The number of aliphatic hydroxyl groups excluding tert-OH is 2. The van der Waals surface area contributed by atoms with E-state index in [1.165, 1.54) is 23.9 Å². The van der Waals surface area contributed by atoms with Crippen LogP contribution in [0.2, 0.25) is 0 Å². The Bertz CT molecular complexity index is 693. The summed E-state index contributed by atoms with van der Waals surface area (Å²) < 4.78 is 0. The fourth-order valence-electron chi connectivity index (χ4n) is 2.74. The van der Waals surface area contributed by atoms with Crippen molar-refractivity contribution in [2.75, 3.05) is 5.32 Å². The van der Waals surface area contributed by atoms with E-state index in [1.54, 1.807) is 11.4 Å². The van der Waals surface area contributed by atoms with Gasteiger partial charge in [0.1, 0.15) is 12.1 Å². The monoisotopic (exact) mass is 332 g/mol. The maximum atomic E-state index is 12.6. The number of hydrogen-bond acceptors (Lipinski definition) is 7. The highest BCUT2D eigenvalue weighted by Crippen LogP contribution is 2.29. The second-order valence-electron chi connectivity index (χ2n) is 5.73. The van der Waals surface area contributed by atoms with Crippen LogP contribution in [0.3, 0.4) is 0 Å². The summed E-state index contributed by atoms with van der Waals surface area (Å²) in [7, 11) is 0. The van der Waals surface area contributed by atoms with Gasteiger partial charge in [-0.2, -0.15) is 0 Å². The first-order valence-corrected chi connectivity index (χ1v) is 8.27. The van der Waals surface area contributed by atoms with Gasteiger partial charge in [-0.05, 0) is 42.7 Å². The van der Waals surface area contributed by atoms with Crippen molar-refractivity contribution in [3.8, 4) is 0 Å². The smallest absolute Gasteiger partial charge is 0.208 e. The topological polar surface area (TPSA) is 95.3 Å². The van der Waals surface area contributed by atoms with Crippen LogP contribution < -0.4 is 5.32 Å². The lowest BCUT2D eigenvalue weighted by atomic mass is 10.1. The lowest BCUT2D eigenvalue weighted by Gasteiger charge is -2.15.